The normalized spacial score (nSPS) is 9.16. The van der Waals surface area contributed by atoms with Crippen LogP contribution in [-0.2, 0) is 4.74 Å². The van der Waals surface area contributed by atoms with Crippen LogP contribution in [0.5, 0.6) is 0 Å². The van der Waals surface area contributed by atoms with Crippen molar-refractivity contribution in [1.29, 1.82) is 0 Å². The first-order valence-corrected chi connectivity index (χ1v) is 7.18. The summed E-state index contributed by atoms with van der Waals surface area (Å²) in [4.78, 5) is 0. The first-order valence-electron chi connectivity index (χ1n) is 7.18. The highest BCUT2D eigenvalue weighted by Gasteiger charge is 1.88. The van der Waals surface area contributed by atoms with Crippen molar-refractivity contribution in [3.05, 3.63) is 23.7 Å². The predicted molar refractivity (Wildman–Crippen MR) is 81.8 cm³/mol. The van der Waals surface area contributed by atoms with Crippen molar-refractivity contribution in [3.8, 4) is 0 Å². The van der Waals surface area contributed by atoms with E-state index in [1.54, 1.807) is 12.5 Å². The van der Waals surface area contributed by atoms with Gasteiger partial charge in [0.2, 0.25) is 0 Å². The molecular formula is C16H32O3. The number of hydrogen-bond acceptors (Lipinski definition) is 3. The van der Waals surface area contributed by atoms with Crippen molar-refractivity contribution in [2.24, 2.45) is 0 Å². The molecule has 0 aromatic carbocycles. The van der Waals surface area contributed by atoms with Crippen LogP contribution in [0.3, 0.4) is 0 Å². The van der Waals surface area contributed by atoms with Crippen molar-refractivity contribution < 1.29 is 14.9 Å². The Bertz CT molecular complexity index is 200. The number of aliphatic hydroxyl groups excluding tert-OH is 2. The molecule has 0 aliphatic rings. The third-order valence-corrected chi connectivity index (χ3v) is 2.17. The standard InChI is InChI=1S/C8H18O2.C8H14O/c9-7-5-3-1-2-4-6-8-10;1-7(2)5-9-6-8(3)4/h9-10H,1-8H2;5-6H,1-4H3. The largest absolute Gasteiger partial charge is 0.473 e. The highest BCUT2D eigenvalue weighted by Crippen LogP contribution is 2.03. The summed E-state index contributed by atoms with van der Waals surface area (Å²) in [6.45, 7) is 8.63. The second-order valence-corrected chi connectivity index (χ2v) is 5.10. The number of allylic oxidation sites excluding steroid dienone is 2. The molecule has 0 atom stereocenters. The molecule has 0 saturated heterocycles. The molecule has 0 heterocycles. The third-order valence-electron chi connectivity index (χ3n) is 2.17. The molecule has 0 rings (SSSR count). The first kappa shape index (κ1) is 20.5. The summed E-state index contributed by atoms with van der Waals surface area (Å²) < 4.78 is 5.03. The Morgan fingerprint density at radius 1 is 0.684 bits per heavy atom. The highest BCUT2D eigenvalue weighted by atomic mass is 16.5. The summed E-state index contributed by atoms with van der Waals surface area (Å²) in [5, 5.41) is 16.9. The Morgan fingerprint density at radius 3 is 1.26 bits per heavy atom. The van der Waals surface area contributed by atoms with Crippen molar-refractivity contribution in [3.63, 3.8) is 0 Å². The van der Waals surface area contributed by atoms with Crippen LogP contribution in [0.4, 0.5) is 0 Å². The maximum Gasteiger partial charge on any atom is 0.0887 e. The Balaban J connectivity index is 0. The fourth-order valence-corrected chi connectivity index (χ4v) is 1.24. The van der Waals surface area contributed by atoms with E-state index >= 15 is 0 Å². The van der Waals surface area contributed by atoms with Crippen molar-refractivity contribution in [2.45, 2.75) is 66.2 Å². The summed E-state index contributed by atoms with van der Waals surface area (Å²) in [6, 6.07) is 0. The lowest BCUT2D eigenvalue weighted by Crippen LogP contribution is -1.85. The van der Waals surface area contributed by atoms with Crippen LogP contribution in [0.2, 0.25) is 0 Å². The van der Waals surface area contributed by atoms with Gasteiger partial charge in [-0.1, -0.05) is 25.7 Å². The molecule has 0 aliphatic heterocycles. The van der Waals surface area contributed by atoms with Crippen LogP contribution in [-0.4, -0.2) is 23.4 Å². The summed E-state index contributed by atoms with van der Waals surface area (Å²) in [7, 11) is 0. The van der Waals surface area contributed by atoms with Gasteiger partial charge in [0.25, 0.3) is 0 Å². The summed E-state index contributed by atoms with van der Waals surface area (Å²) in [5.41, 5.74) is 2.35. The van der Waals surface area contributed by atoms with Gasteiger partial charge in [-0.25, -0.2) is 0 Å². The number of rotatable bonds is 9. The summed E-state index contributed by atoms with van der Waals surface area (Å²) in [6.07, 6.45) is 9.96. The number of ether oxygens (including phenoxy) is 1. The van der Waals surface area contributed by atoms with Crippen LogP contribution in [0.1, 0.15) is 66.2 Å². The molecule has 0 radical (unpaired) electrons. The second-order valence-electron chi connectivity index (χ2n) is 5.10. The maximum absolute atomic E-state index is 8.43. The molecule has 0 bridgehead atoms. The van der Waals surface area contributed by atoms with Gasteiger partial charge in [-0.15, -0.1) is 0 Å². The maximum atomic E-state index is 8.43. The van der Waals surface area contributed by atoms with E-state index in [0.29, 0.717) is 13.2 Å². The molecular weight excluding hydrogens is 240 g/mol. The van der Waals surface area contributed by atoms with Gasteiger partial charge in [-0.3, -0.25) is 0 Å². The van der Waals surface area contributed by atoms with Gasteiger partial charge >= 0.3 is 0 Å². The zero-order chi connectivity index (χ0) is 14.9. The van der Waals surface area contributed by atoms with Gasteiger partial charge in [0.1, 0.15) is 0 Å². The average Bonchev–Trinajstić information content (AvgIpc) is 2.33. The first-order chi connectivity index (χ1) is 9.04. The van der Waals surface area contributed by atoms with E-state index in [4.69, 9.17) is 14.9 Å². The van der Waals surface area contributed by atoms with Crippen molar-refractivity contribution in [1.82, 2.24) is 0 Å². The van der Waals surface area contributed by atoms with Gasteiger partial charge in [0, 0.05) is 13.2 Å². The zero-order valence-electron chi connectivity index (χ0n) is 13.1. The van der Waals surface area contributed by atoms with Crippen LogP contribution in [0.15, 0.2) is 23.7 Å². The quantitative estimate of drug-likeness (QED) is 0.489. The molecule has 114 valence electrons. The third kappa shape index (κ3) is 26.7. The SMILES string of the molecule is CC(C)=COC=C(C)C.OCCCCCCCCO. The van der Waals surface area contributed by atoms with E-state index < -0.39 is 0 Å². The molecule has 0 aromatic heterocycles. The van der Waals surface area contributed by atoms with Crippen LogP contribution in [0.25, 0.3) is 0 Å². The highest BCUT2D eigenvalue weighted by molar-refractivity contribution is 4.92. The van der Waals surface area contributed by atoms with Gasteiger partial charge in [-0.05, 0) is 51.7 Å². The molecule has 0 saturated carbocycles. The van der Waals surface area contributed by atoms with Crippen molar-refractivity contribution in [2.75, 3.05) is 13.2 Å². The molecule has 2 N–H and O–H groups in total. The molecule has 0 aliphatic carbocycles. The van der Waals surface area contributed by atoms with E-state index in [2.05, 4.69) is 0 Å². The van der Waals surface area contributed by atoms with E-state index in [9.17, 15) is 0 Å². The molecule has 3 nitrogen and oxygen atoms in total. The summed E-state index contributed by atoms with van der Waals surface area (Å²) >= 11 is 0. The van der Waals surface area contributed by atoms with Crippen molar-refractivity contribution >= 4 is 0 Å². The van der Waals surface area contributed by atoms with Gasteiger partial charge in [0.05, 0.1) is 12.5 Å². The molecule has 0 aromatic rings. The van der Waals surface area contributed by atoms with Crippen LogP contribution < -0.4 is 0 Å². The topological polar surface area (TPSA) is 49.7 Å². The lowest BCUT2D eigenvalue weighted by molar-refractivity contribution is 0.275. The minimum Gasteiger partial charge on any atom is -0.473 e. The molecule has 0 fully saturated rings. The van der Waals surface area contributed by atoms with E-state index in [-0.39, 0.29) is 0 Å². The summed E-state index contributed by atoms with van der Waals surface area (Å²) in [5.74, 6) is 0. The van der Waals surface area contributed by atoms with E-state index in [0.717, 1.165) is 25.7 Å². The predicted octanol–water partition coefficient (Wildman–Crippen LogP) is 4.16. The fraction of sp³-hybridized carbons (Fsp3) is 0.750. The Kier molecular flexibility index (Phi) is 18.6. The minimum atomic E-state index is 0.319. The van der Waals surface area contributed by atoms with E-state index in [1.807, 2.05) is 27.7 Å². The Labute approximate surface area is 119 Å². The van der Waals surface area contributed by atoms with Crippen LogP contribution in [0, 0.1) is 0 Å². The molecule has 3 heteroatoms. The molecule has 0 amide bonds. The molecule has 0 unspecified atom stereocenters. The Hall–Kier alpha value is -0.800. The second kappa shape index (κ2) is 17.2. The van der Waals surface area contributed by atoms with E-state index in [1.165, 1.54) is 24.0 Å². The number of aliphatic hydroxyl groups is 2. The van der Waals surface area contributed by atoms with Gasteiger partial charge in [-0.2, -0.15) is 0 Å². The fourth-order valence-electron chi connectivity index (χ4n) is 1.24. The minimum absolute atomic E-state index is 0.319. The Morgan fingerprint density at radius 2 is 1.00 bits per heavy atom. The monoisotopic (exact) mass is 272 g/mol. The average molecular weight is 272 g/mol. The lowest BCUT2D eigenvalue weighted by Gasteiger charge is -1.97. The zero-order valence-corrected chi connectivity index (χ0v) is 13.1. The number of unbranched alkanes of at least 4 members (excludes halogenated alkanes) is 5. The lowest BCUT2D eigenvalue weighted by atomic mass is 10.1. The smallest absolute Gasteiger partial charge is 0.0887 e. The van der Waals surface area contributed by atoms with Crippen LogP contribution >= 0.6 is 0 Å². The number of hydrogen-bond donors (Lipinski definition) is 2. The molecule has 0 spiro atoms. The molecule has 19 heavy (non-hydrogen) atoms. The van der Waals surface area contributed by atoms with Gasteiger partial charge < -0.3 is 14.9 Å². The van der Waals surface area contributed by atoms with Gasteiger partial charge in [0.15, 0.2) is 0 Å².